The van der Waals surface area contributed by atoms with Gasteiger partial charge < -0.3 is 5.11 Å². The fraction of sp³-hybridized carbons (Fsp3) is 0.211. The molecule has 31 heavy (non-hydrogen) atoms. The van der Waals surface area contributed by atoms with E-state index in [9.17, 15) is 4.79 Å². The molecule has 3 aromatic heterocycles. The lowest BCUT2D eigenvalue weighted by molar-refractivity contribution is -0.136. The fourth-order valence-electron chi connectivity index (χ4n) is 2.78. The standard InChI is InChI=1S/C18H12Br2N2O2S5.CH4S/c1-7-4-12(28-17(7)19)14-11(26-3-2-13(23)24)5-8(15-16(14)22-29-21-15)10-6-9(25)18(20)27-10;1-2/h4-6,25H,2-3H2,1H3,(H,23,24);2H,1H3. The summed E-state index contributed by atoms with van der Waals surface area (Å²) in [5.41, 5.74) is 4.89. The monoisotopic (exact) mass is 654 g/mol. The minimum absolute atomic E-state index is 0.102. The number of aliphatic carboxylic acids is 1. The number of thiol groups is 2. The number of rotatable bonds is 6. The second kappa shape index (κ2) is 11.4. The molecule has 0 aliphatic heterocycles. The van der Waals surface area contributed by atoms with Crippen LogP contribution in [0.15, 0.2) is 35.6 Å². The number of halogens is 2. The molecule has 0 saturated carbocycles. The third-order valence-corrected chi connectivity index (χ3v) is 10.5. The summed E-state index contributed by atoms with van der Waals surface area (Å²) in [6, 6.07) is 6.26. The summed E-state index contributed by atoms with van der Waals surface area (Å²) in [6.07, 6.45) is 1.80. The predicted molar refractivity (Wildman–Crippen MR) is 149 cm³/mol. The number of hydrogen-bond acceptors (Lipinski definition) is 9. The quantitative estimate of drug-likeness (QED) is 0.144. The third-order valence-electron chi connectivity index (χ3n) is 4.11. The number of aryl methyl sites for hydroxylation is 1. The van der Waals surface area contributed by atoms with Crippen molar-refractivity contribution in [3.8, 4) is 20.9 Å². The Labute approximate surface area is 224 Å². The summed E-state index contributed by atoms with van der Waals surface area (Å²) in [4.78, 5) is 15.1. The molecule has 0 aliphatic rings. The van der Waals surface area contributed by atoms with E-state index >= 15 is 0 Å². The Hall–Kier alpha value is -0.0800. The van der Waals surface area contributed by atoms with Gasteiger partial charge in [-0.1, -0.05) is 0 Å². The van der Waals surface area contributed by atoms with Crippen LogP contribution in [0.2, 0.25) is 0 Å². The molecular formula is C19H16Br2N2O2S6. The Kier molecular flexibility index (Phi) is 9.37. The van der Waals surface area contributed by atoms with Crippen LogP contribution < -0.4 is 0 Å². The van der Waals surface area contributed by atoms with Gasteiger partial charge in [-0.15, -0.1) is 47.1 Å². The van der Waals surface area contributed by atoms with Gasteiger partial charge in [0.15, 0.2) is 0 Å². The van der Waals surface area contributed by atoms with Crippen molar-refractivity contribution in [1.82, 2.24) is 8.75 Å². The van der Waals surface area contributed by atoms with Gasteiger partial charge in [0.25, 0.3) is 0 Å². The number of hydrogen-bond donors (Lipinski definition) is 3. The van der Waals surface area contributed by atoms with Crippen molar-refractivity contribution < 1.29 is 9.90 Å². The van der Waals surface area contributed by atoms with Crippen LogP contribution in [0.5, 0.6) is 0 Å². The van der Waals surface area contributed by atoms with Gasteiger partial charge in [-0.2, -0.15) is 21.4 Å². The maximum atomic E-state index is 11.0. The highest BCUT2D eigenvalue weighted by Crippen LogP contribution is 2.47. The first-order valence-electron chi connectivity index (χ1n) is 8.68. The second-order valence-electron chi connectivity index (χ2n) is 6.09. The number of nitrogens with zero attached hydrogens (tertiary/aromatic N) is 2. The van der Waals surface area contributed by atoms with Gasteiger partial charge in [-0.05, 0) is 68.8 Å². The van der Waals surface area contributed by atoms with E-state index in [1.165, 1.54) is 11.7 Å². The van der Waals surface area contributed by atoms with E-state index in [1.54, 1.807) is 40.7 Å². The summed E-state index contributed by atoms with van der Waals surface area (Å²) >= 11 is 21.2. The lowest BCUT2D eigenvalue weighted by Crippen LogP contribution is -1.96. The van der Waals surface area contributed by atoms with Gasteiger partial charge in [0, 0.05) is 36.4 Å². The molecule has 3 heterocycles. The first kappa shape index (κ1) is 25.5. The van der Waals surface area contributed by atoms with E-state index in [2.05, 4.69) is 84.9 Å². The zero-order valence-electron chi connectivity index (χ0n) is 16.2. The van der Waals surface area contributed by atoms with Crippen LogP contribution in [-0.4, -0.2) is 31.8 Å². The van der Waals surface area contributed by atoms with Crippen molar-refractivity contribution in [3.05, 3.63) is 31.3 Å². The van der Waals surface area contributed by atoms with E-state index in [-0.39, 0.29) is 6.42 Å². The van der Waals surface area contributed by atoms with Crippen molar-refractivity contribution in [3.63, 3.8) is 0 Å². The van der Waals surface area contributed by atoms with Crippen LogP contribution in [0.3, 0.4) is 0 Å². The minimum Gasteiger partial charge on any atom is -0.481 e. The van der Waals surface area contributed by atoms with Gasteiger partial charge in [0.05, 0.1) is 25.7 Å². The Balaban J connectivity index is 0.00000132. The number of benzene rings is 1. The minimum atomic E-state index is -0.799. The maximum absolute atomic E-state index is 11.0. The van der Waals surface area contributed by atoms with Crippen LogP contribution >= 0.6 is 103 Å². The molecule has 0 spiro atoms. The fourth-order valence-corrected chi connectivity index (χ4v) is 7.85. The highest BCUT2D eigenvalue weighted by Gasteiger charge is 2.22. The molecule has 0 atom stereocenters. The second-order valence-corrected chi connectivity index (χ2v) is 13.0. The van der Waals surface area contributed by atoms with Crippen molar-refractivity contribution in [2.45, 2.75) is 23.1 Å². The molecular weight excluding hydrogens is 640 g/mol. The van der Waals surface area contributed by atoms with E-state index in [0.29, 0.717) is 5.75 Å². The van der Waals surface area contributed by atoms with Crippen LogP contribution in [0.1, 0.15) is 12.0 Å². The molecule has 0 fully saturated rings. The number of carboxylic acids is 1. The zero-order valence-corrected chi connectivity index (χ0v) is 24.4. The van der Waals surface area contributed by atoms with Crippen LogP contribution in [0.25, 0.3) is 31.9 Å². The summed E-state index contributed by atoms with van der Waals surface area (Å²) in [7, 11) is 0. The Bertz CT molecular complexity index is 1190. The SMILES string of the molecule is CS.Cc1cc(-c2c(SCCC(=O)O)cc(-c3cc(S)c(Br)s3)c3nsnc23)sc1Br. The van der Waals surface area contributed by atoms with Gasteiger partial charge >= 0.3 is 5.97 Å². The number of thiophene rings is 2. The number of carbonyl (C=O) groups is 1. The van der Waals surface area contributed by atoms with Gasteiger partial charge in [0.2, 0.25) is 0 Å². The molecule has 1 aromatic carbocycles. The van der Waals surface area contributed by atoms with Gasteiger partial charge in [0.1, 0.15) is 11.0 Å². The van der Waals surface area contributed by atoms with Crippen molar-refractivity contribution in [1.29, 1.82) is 0 Å². The molecule has 164 valence electrons. The molecule has 0 amide bonds. The highest BCUT2D eigenvalue weighted by atomic mass is 79.9. The highest BCUT2D eigenvalue weighted by molar-refractivity contribution is 9.11. The predicted octanol–water partition coefficient (Wildman–Crippen LogP) is 8.38. The topological polar surface area (TPSA) is 63.1 Å². The van der Waals surface area contributed by atoms with Crippen LogP contribution in [0, 0.1) is 6.92 Å². The maximum Gasteiger partial charge on any atom is 0.304 e. The summed E-state index contributed by atoms with van der Waals surface area (Å²) in [5.74, 6) is -0.310. The van der Waals surface area contributed by atoms with E-state index in [4.69, 9.17) is 5.11 Å². The van der Waals surface area contributed by atoms with E-state index in [1.807, 2.05) is 6.07 Å². The number of aromatic nitrogens is 2. The molecule has 4 aromatic rings. The lowest BCUT2D eigenvalue weighted by Gasteiger charge is -2.11. The molecule has 1 N–H and O–H groups in total. The van der Waals surface area contributed by atoms with Crippen LogP contribution in [0.4, 0.5) is 0 Å². The molecule has 0 saturated heterocycles. The van der Waals surface area contributed by atoms with Gasteiger partial charge in [-0.3, -0.25) is 4.79 Å². The molecule has 12 heteroatoms. The average molecular weight is 657 g/mol. The van der Waals surface area contributed by atoms with Crippen LogP contribution in [-0.2, 0) is 4.79 Å². The molecule has 0 unspecified atom stereocenters. The number of fused-ring (bicyclic) bond motifs is 1. The molecule has 0 bridgehead atoms. The largest absolute Gasteiger partial charge is 0.481 e. The third kappa shape index (κ3) is 5.71. The molecule has 4 nitrogen and oxygen atoms in total. The van der Waals surface area contributed by atoms with Crippen molar-refractivity contribution in [2.24, 2.45) is 0 Å². The Morgan fingerprint density at radius 1 is 1.10 bits per heavy atom. The smallest absolute Gasteiger partial charge is 0.304 e. The molecule has 0 radical (unpaired) electrons. The summed E-state index contributed by atoms with van der Waals surface area (Å²) < 4.78 is 11.3. The van der Waals surface area contributed by atoms with E-state index < -0.39 is 5.97 Å². The summed E-state index contributed by atoms with van der Waals surface area (Å²) in [6.45, 7) is 2.06. The Morgan fingerprint density at radius 2 is 1.77 bits per heavy atom. The average Bonchev–Trinajstić information content (AvgIpc) is 3.43. The zero-order chi connectivity index (χ0) is 22.7. The summed E-state index contributed by atoms with van der Waals surface area (Å²) in [5, 5.41) is 9.07. The van der Waals surface area contributed by atoms with Gasteiger partial charge in [-0.25, -0.2) is 0 Å². The first-order valence-corrected chi connectivity index (χ1v) is 15.0. The Morgan fingerprint density at radius 3 is 2.35 bits per heavy atom. The lowest BCUT2D eigenvalue weighted by atomic mass is 10.1. The van der Waals surface area contributed by atoms with Crippen molar-refractivity contribution in [2.75, 3.05) is 12.0 Å². The molecule has 0 aliphatic carbocycles. The molecule has 4 rings (SSSR count). The first-order chi connectivity index (χ1) is 14.8. The van der Waals surface area contributed by atoms with Crippen molar-refractivity contribution >= 4 is 120 Å². The number of carboxylic acid groups (broad SMARTS) is 1. The number of thioether (sulfide) groups is 1. The van der Waals surface area contributed by atoms with E-state index in [0.717, 1.165) is 54.8 Å². The normalized spacial score (nSPS) is 10.9.